The number of pyridine rings is 1. The van der Waals surface area contributed by atoms with Gasteiger partial charge in [-0.1, -0.05) is 18.2 Å². The van der Waals surface area contributed by atoms with Crippen LogP contribution in [-0.4, -0.2) is 15.2 Å². The van der Waals surface area contributed by atoms with Crippen molar-refractivity contribution < 1.29 is 0 Å². The normalized spacial score (nSPS) is 11.3. The molecule has 3 rings (SSSR count). The highest BCUT2D eigenvalue weighted by atomic mass is 15.2. The van der Waals surface area contributed by atoms with E-state index in [0.717, 1.165) is 27.4 Å². The molecule has 0 radical (unpaired) electrons. The van der Waals surface area contributed by atoms with Crippen LogP contribution in [-0.2, 0) is 0 Å². The molecule has 74 valence electrons. The van der Waals surface area contributed by atoms with E-state index in [-0.39, 0.29) is 0 Å². The van der Waals surface area contributed by atoms with Gasteiger partial charge in [0.2, 0.25) is 0 Å². The first-order chi connectivity index (χ1) is 7.27. The molecule has 15 heavy (non-hydrogen) atoms. The predicted molar refractivity (Wildman–Crippen MR) is 60.5 cm³/mol. The smallest absolute Gasteiger partial charge is 0.154 e. The largest absolute Gasteiger partial charge is 0.382 e. The van der Waals surface area contributed by atoms with E-state index >= 15 is 0 Å². The van der Waals surface area contributed by atoms with Crippen molar-refractivity contribution in [1.82, 2.24) is 15.2 Å². The maximum absolute atomic E-state index is 5.72. The molecule has 3 aromatic rings. The first-order valence-corrected chi connectivity index (χ1v) is 4.75. The minimum atomic E-state index is 0.501. The number of fused-ring (bicyclic) bond motifs is 3. The Labute approximate surface area is 86.1 Å². The van der Waals surface area contributed by atoms with E-state index in [2.05, 4.69) is 15.2 Å². The van der Waals surface area contributed by atoms with E-state index in [1.807, 2.05) is 25.1 Å². The molecule has 0 saturated carbocycles. The molecule has 4 heteroatoms. The van der Waals surface area contributed by atoms with E-state index in [4.69, 9.17) is 5.73 Å². The number of anilines is 1. The Kier molecular flexibility index (Phi) is 1.48. The zero-order valence-electron chi connectivity index (χ0n) is 8.28. The van der Waals surface area contributed by atoms with Gasteiger partial charge in [0.1, 0.15) is 0 Å². The highest BCUT2D eigenvalue weighted by molar-refractivity contribution is 6.07. The molecule has 3 N–H and O–H groups in total. The molecule has 0 fully saturated rings. The fraction of sp³-hybridized carbons (Fsp3) is 0.0909. The number of rotatable bonds is 0. The van der Waals surface area contributed by atoms with Crippen LogP contribution < -0.4 is 5.73 Å². The Morgan fingerprint density at radius 3 is 3.00 bits per heavy atom. The number of nitrogens with two attached hydrogens (primary N) is 1. The Hall–Kier alpha value is -2.10. The lowest BCUT2D eigenvalue weighted by atomic mass is 10.1. The number of aromatic nitrogens is 3. The summed E-state index contributed by atoms with van der Waals surface area (Å²) >= 11 is 0. The van der Waals surface area contributed by atoms with E-state index in [1.165, 1.54) is 0 Å². The first-order valence-electron chi connectivity index (χ1n) is 4.75. The van der Waals surface area contributed by atoms with Gasteiger partial charge in [-0.25, -0.2) is 0 Å². The van der Waals surface area contributed by atoms with Crippen molar-refractivity contribution in [3.8, 4) is 0 Å². The molecule has 0 unspecified atom stereocenters. The quantitative estimate of drug-likeness (QED) is 0.580. The number of nitrogens with zero attached hydrogens (tertiary/aromatic N) is 2. The third-order valence-electron chi connectivity index (χ3n) is 2.66. The molecule has 0 saturated heterocycles. The van der Waals surface area contributed by atoms with E-state index in [1.54, 1.807) is 6.20 Å². The van der Waals surface area contributed by atoms with Gasteiger partial charge in [0.25, 0.3) is 0 Å². The Morgan fingerprint density at radius 1 is 1.27 bits per heavy atom. The van der Waals surface area contributed by atoms with Gasteiger partial charge < -0.3 is 5.73 Å². The molecule has 0 aliphatic rings. The van der Waals surface area contributed by atoms with Crippen LogP contribution in [0.5, 0.6) is 0 Å². The summed E-state index contributed by atoms with van der Waals surface area (Å²) in [4.78, 5) is 4.40. The lowest BCUT2D eigenvalue weighted by molar-refractivity contribution is 1.13. The lowest BCUT2D eigenvalue weighted by Crippen LogP contribution is -1.86. The van der Waals surface area contributed by atoms with E-state index in [9.17, 15) is 0 Å². The van der Waals surface area contributed by atoms with Gasteiger partial charge in [-0.2, -0.15) is 5.10 Å². The summed E-state index contributed by atoms with van der Waals surface area (Å²) in [5.41, 5.74) is 8.83. The molecule has 0 spiro atoms. The Morgan fingerprint density at radius 2 is 2.13 bits per heavy atom. The summed E-state index contributed by atoms with van der Waals surface area (Å²) in [5.74, 6) is 0.501. The minimum Gasteiger partial charge on any atom is -0.382 e. The molecule has 2 heterocycles. The molecular weight excluding hydrogens is 188 g/mol. The van der Waals surface area contributed by atoms with Crippen molar-refractivity contribution in [2.45, 2.75) is 6.92 Å². The molecule has 0 atom stereocenters. The zero-order chi connectivity index (χ0) is 10.4. The third-order valence-corrected chi connectivity index (χ3v) is 2.66. The highest BCUT2D eigenvalue weighted by Crippen LogP contribution is 2.26. The lowest BCUT2D eigenvalue weighted by Gasteiger charge is -2.01. The highest BCUT2D eigenvalue weighted by Gasteiger charge is 2.07. The second-order valence-electron chi connectivity index (χ2n) is 3.63. The topological polar surface area (TPSA) is 67.6 Å². The summed E-state index contributed by atoms with van der Waals surface area (Å²) in [6.45, 7) is 2.04. The van der Waals surface area contributed by atoms with Gasteiger partial charge in [0.15, 0.2) is 5.82 Å². The van der Waals surface area contributed by atoms with Crippen molar-refractivity contribution in [3.05, 3.63) is 30.0 Å². The zero-order valence-corrected chi connectivity index (χ0v) is 8.28. The molecule has 2 aromatic heterocycles. The second kappa shape index (κ2) is 2.70. The maximum atomic E-state index is 5.72. The van der Waals surface area contributed by atoms with Crippen LogP contribution in [0.25, 0.3) is 21.8 Å². The molecule has 4 nitrogen and oxygen atoms in total. The number of nitrogen functional groups attached to an aromatic ring is 1. The standard InChI is InChI=1S/C11H10N4/c1-6-3-2-4-7-9(6)13-5-8-10(7)14-15-11(8)12/h2-5H,1H3,(H3,12,14,15). The van der Waals surface area contributed by atoms with Crippen LogP contribution >= 0.6 is 0 Å². The van der Waals surface area contributed by atoms with E-state index < -0.39 is 0 Å². The number of hydrogen-bond acceptors (Lipinski definition) is 3. The monoisotopic (exact) mass is 198 g/mol. The average molecular weight is 198 g/mol. The predicted octanol–water partition coefficient (Wildman–Crippen LogP) is 2.00. The number of aryl methyl sites for hydroxylation is 1. The molecule has 0 aliphatic heterocycles. The number of hydrogen-bond donors (Lipinski definition) is 2. The van der Waals surface area contributed by atoms with Crippen molar-refractivity contribution >= 4 is 27.6 Å². The van der Waals surface area contributed by atoms with Crippen LogP contribution in [0.3, 0.4) is 0 Å². The van der Waals surface area contributed by atoms with Gasteiger partial charge in [0, 0.05) is 11.6 Å². The Bertz CT molecular complexity index is 654. The minimum absolute atomic E-state index is 0.501. The molecule has 0 bridgehead atoms. The van der Waals surface area contributed by atoms with Crippen molar-refractivity contribution in [2.24, 2.45) is 0 Å². The maximum Gasteiger partial charge on any atom is 0.154 e. The SMILES string of the molecule is Cc1cccc2c1ncc1c(N)n[nH]c12. The number of aromatic amines is 1. The van der Waals surface area contributed by atoms with Gasteiger partial charge in [-0.3, -0.25) is 10.1 Å². The van der Waals surface area contributed by atoms with Gasteiger partial charge in [-0.05, 0) is 12.5 Å². The average Bonchev–Trinajstić information content (AvgIpc) is 2.61. The fourth-order valence-electron chi connectivity index (χ4n) is 1.86. The number of benzene rings is 1. The number of nitrogens with one attached hydrogen (secondary N) is 1. The van der Waals surface area contributed by atoms with E-state index in [0.29, 0.717) is 5.82 Å². The van der Waals surface area contributed by atoms with Crippen molar-refractivity contribution in [2.75, 3.05) is 5.73 Å². The summed E-state index contributed by atoms with van der Waals surface area (Å²) < 4.78 is 0. The summed E-state index contributed by atoms with van der Waals surface area (Å²) in [5, 5.41) is 8.88. The van der Waals surface area contributed by atoms with Crippen LogP contribution in [0.15, 0.2) is 24.4 Å². The molecule has 0 aliphatic carbocycles. The molecule has 1 aromatic carbocycles. The van der Waals surface area contributed by atoms with Gasteiger partial charge in [-0.15, -0.1) is 0 Å². The fourth-order valence-corrected chi connectivity index (χ4v) is 1.86. The molecule has 0 amide bonds. The molecular formula is C11H10N4. The third kappa shape index (κ3) is 1.01. The number of H-pyrrole nitrogens is 1. The van der Waals surface area contributed by atoms with Crippen molar-refractivity contribution in [1.29, 1.82) is 0 Å². The van der Waals surface area contributed by atoms with Gasteiger partial charge in [0.05, 0.1) is 16.4 Å². The van der Waals surface area contributed by atoms with Crippen LogP contribution in [0.2, 0.25) is 0 Å². The van der Waals surface area contributed by atoms with Crippen LogP contribution in [0.1, 0.15) is 5.56 Å². The first kappa shape index (κ1) is 8.23. The van der Waals surface area contributed by atoms with Gasteiger partial charge >= 0.3 is 0 Å². The van der Waals surface area contributed by atoms with Crippen molar-refractivity contribution in [3.63, 3.8) is 0 Å². The van der Waals surface area contributed by atoms with Crippen LogP contribution in [0.4, 0.5) is 5.82 Å². The van der Waals surface area contributed by atoms with Crippen LogP contribution in [0, 0.1) is 6.92 Å². The Balaban J connectivity index is 2.61. The second-order valence-corrected chi connectivity index (χ2v) is 3.63. The summed E-state index contributed by atoms with van der Waals surface area (Å²) in [7, 11) is 0. The number of para-hydroxylation sites is 1. The summed E-state index contributed by atoms with van der Waals surface area (Å²) in [6.07, 6.45) is 1.77. The summed E-state index contributed by atoms with van der Waals surface area (Å²) in [6, 6.07) is 6.08.